The first-order valence-corrected chi connectivity index (χ1v) is 7.64. The predicted octanol–water partition coefficient (Wildman–Crippen LogP) is 4.68. The molecule has 0 saturated carbocycles. The van der Waals surface area contributed by atoms with E-state index in [1.807, 2.05) is 30.3 Å². The number of ether oxygens (including phenoxy) is 1. The van der Waals surface area contributed by atoms with E-state index in [4.69, 9.17) is 4.74 Å². The van der Waals surface area contributed by atoms with Gasteiger partial charge in [-0.1, -0.05) is 55.5 Å². The molecule has 1 amide bonds. The molecule has 0 unspecified atom stereocenters. The number of benzene rings is 2. The van der Waals surface area contributed by atoms with E-state index < -0.39 is 0 Å². The Labute approximate surface area is 132 Å². The summed E-state index contributed by atoms with van der Waals surface area (Å²) in [4.78, 5) is 12.0. The molecule has 22 heavy (non-hydrogen) atoms. The van der Waals surface area contributed by atoms with Gasteiger partial charge in [-0.05, 0) is 42.5 Å². The molecule has 0 heterocycles. The molecule has 2 rings (SSSR count). The molecule has 2 aromatic rings. The van der Waals surface area contributed by atoms with Crippen molar-refractivity contribution in [1.82, 2.24) is 5.32 Å². The number of nitrogens with one attached hydrogen (secondary N) is 1. The van der Waals surface area contributed by atoms with Crippen molar-refractivity contribution in [2.75, 3.05) is 0 Å². The highest BCUT2D eigenvalue weighted by atomic mass is 16.5. The van der Waals surface area contributed by atoms with Crippen LogP contribution in [0.25, 0.3) is 0 Å². The average molecular weight is 297 g/mol. The van der Waals surface area contributed by atoms with E-state index >= 15 is 0 Å². The molecule has 0 spiro atoms. The molecule has 116 valence electrons. The average Bonchev–Trinajstić information content (AvgIpc) is 2.54. The fourth-order valence-corrected chi connectivity index (χ4v) is 2.31. The third-order valence-corrected chi connectivity index (χ3v) is 3.85. The zero-order chi connectivity index (χ0) is 15.9. The topological polar surface area (TPSA) is 38.3 Å². The molecule has 1 N–H and O–H groups in total. The monoisotopic (exact) mass is 297 g/mol. The molecule has 3 nitrogen and oxygen atoms in total. The van der Waals surface area contributed by atoms with Crippen LogP contribution < -0.4 is 5.32 Å². The molecular weight excluding hydrogens is 274 g/mol. The smallest absolute Gasteiger partial charge is 0.407 e. The number of hydrogen-bond acceptors (Lipinski definition) is 2. The van der Waals surface area contributed by atoms with Crippen molar-refractivity contribution in [1.29, 1.82) is 0 Å². The van der Waals surface area contributed by atoms with Gasteiger partial charge in [-0.25, -0.2) is 4.79 Å². The van der Waals surface area contributed by atoms with Gasteiger partial charge in [0.05, 0.1) is 6.04 Å². The summed E-state index contributed by atoms with van der Waals surface area (Å²) in [6.07, 6.45) is 0.442. The summed E-state index contributed by atoms with van der Waals surface area (Å²) in [6, 6.07) is 15.9. The van der Waals surface area contributed by atoms with E-state index in [9.17, 15) is 4.79 Å². The fraction of sp³-hybridized carbons (Fsp3) is 0.316. The highest BCUT2D eigenvalue weighted by molar-refractivity contribution is 5.68. The van der Waals surface area contributed by atoms with Crippen LogP contribution in [0.5, 0.6) is 0 Å². The third-order valence-electron chi connectivity index (χ3n) is 3.85. The fourth-order valence-electron chi connectivity index (χ4n) is 2.31. The summed E-state index contributed by atoms with van der Waals surface area (Å²) in [6.45, 7) is 6.51. The van der Waals surface area contributed by atoms with Crippen LogP contribution in [0.1, 0.15) is 41.6 Å². The van der Waals surface area contributed by atoms with Gasteiger partial charge in [0.1, 0.15) is 6.61 Å². The van der Waals surface area contributed by atoms with Crippen LogP contribution in [0.2, 0.25) is 0 Å². The molecule has 0 saturated heterocycles. The van der Waals surface area contributed by atoms with E-state index in [0.717, 1.165) is 17.5 Å². The van der Waals surface area contributed by atoms with Crippen LogP contribution in [0.15, 0.2) is 48.5 Å². The van der Waals surface area contributed by atoms with Crippen LogP contribution in [0.4, 0.5) is 4.79 Å². The molecular formula is C19H23NO2. The number of carbonyl (C=O) groups excluding carboxylic acids is 1. The van der Waals surface area contributed by atoms with E-state index in [0.29, 0.717) is 0 Å². The number of carbonyl (C=O) groups is 1. The van der Waals surface area contributed by atoms with Crippen molar-refractivity contribution in [3.8, 4) is 0 Å². The van der Waals surface area contributed by atoms with Crippen molar-refractivity contribution >= 4 is 6.09 Å². The molecule has 0 aliphatic heterocycles. The Balaban J connectivity index is 1.94. The minimum atomic E-state index is -0.381. The normalized spacial score (nSPS) is 11.8. The summed E-state index contributed by atoms with van der Waals surface area (Å²) < 4.78 is 5.29. The highest BCUT2D eigenvalue weighted by Gasteiger charge is 2.14. The number of hydrogen-bond donors (Lipinski definition) is 1. The third kappa shape index (κ3) is 4.35. The summed E-state index contributed by atoms with van der Waals surface area (Å²) in [5, 5.41) is 2.94. The van der Waals surface area contributed by atoms with Crippen LogP contribution in [0, 0.1) is 13.8 Å². The molecule has 0 fully saturated rings. The largest absolute Gasteiger partial charge is 0.445 e. The van der Waals surface area contributed by atoms with Crippen LogP contribution in [0.3, 0.4) is 0 Å². The molecule has 0 aliphatic carbocycles. The second kappa shape index (κ2) is 7.64. The van der Waals surface area contributed by atoms with Gasteiger partial charge in [-0.2, -0.15) is 0 Å². The van der Waals surface area contributed by atoms with E-state index in [1.54, 1.807) is 0 Å². The lowest BCUT2D eigenvalue weighted by Crippen LogP contribution is -2.28. The lowest BCUT2D eigenvalue weighted by molar-refractivity contribution is 0.135. The minimum Gasteiger partial charge on any atom is -0.445 e. The Morgan fingerprint density at radius 1 is 1.09 bits per heavy atom. The molecule has 0 bridgehead atoms. The van der Waals surface area contributed by atoms with Crippen molar-refractivity contribution in [2.45, 2.75) is 39.8 Å². The molecule has 0 aliphatic rings. The minimum absolute atomic E-state index is 0.0254. The Morgan fingerprint density at radius 3 is 2.45 bits per heavy atom. The molecule has 0 radical (unpaired) electrons. The van der Waals surface area contributed by atoms with E-state index in [1.165, 1.54) is 11.1 Å². The van der Waals surface area contributed by atoms with Gasteiger partial charge in [0.25, 0.3) is 0 Å². The van der Waals surface area contributed by atoms with Gasteiger partial charge >= 0.3 is 6.09 Å². The van der Waals surface area contributed by atoms with Gasteiger partial charge < -0.3 is 10.1 Å². The number of amides is 1. The maximum atomic E-state index is 12.0. The van der Waals surface area contributed by atoms with Crippen molar-refractivity contribution < 1.29 is 9.53 Å². The number of aryl methyl sites for hydroxylation is 2. The zero-order valence-corrected chi connectivity index (χ0v) is 13.4. The summed E-state index contributed by atoms with van der Waals surface area (Å²) >= 11 is 0. The standard InChI is InChI=1S/C19H23NO2/c1-4-18(17-11-10-14(2)15(3)12-17)20-19(21)22-13-16-8-6-5-7-9-16/h5-12,18H,4,13H2,1-3H3,(H,20,21)/t18-/m0/s1. The van der Waals surface area contributed by atoms with E-state index in [-0.39, 0.29) is 18.7 Å². The summed E-state index contributed by atoms with van der Waals surface area (Å²) in [7, 11) is 0. The van der Waals surface area contributed by atoms with E-state index in [2.05, 4.69) is 44.3 Å². The van der Waals surface area contributed by atoms with Gasteiger partial charge in [-0.3, -0.25) is 0 Å². The predicted molar refractivity (Wildman–Crippen MR) is 88.7 cm³/mol. The first-order valence-electron chi connectivity index (χ1n) is 7.64. The SMILES string of the molecule is CC[C@H](NC(=O)OCc1ccccc1)c1ccc(C)c(C)c1. The second-order valence-electron chi connectivity index (χ2n) is 5.51. The Hall–Kier alpha value is -2.29. The maximum absolute atomic E-state index is 12.0. The van der Waals surface area contributed by atoms with Crippen LogP contribution in [-0.2, 0) is 11.3 Å². The van der Waals surface area contributed by atoms with Crippen molar-refractivity contribution in [3.63, 3.8) is 0 Å². The maximum Gasteiger partial charge on any atom is 0.407 e. The van der Waals surface area contributed by atoms with Crippen LogP contribution in [-0.4, -0.2) is 6.09 Å². The first kappa shape index (κ1) is 16.1. The highest BCUT2D eigenvalue weighted by Crippen LogP contribution is 2.20. The molecule has 1 atom stereocenters. The molecule has 2 aromatic carbocycles. The first-order chi connectivity index (χ1) is 10.6. The summed E-state index contributed by atoms with van der Waals surface area (Å²) in [5.74, 6) is 0. The number of alkyl carbamates (subject to hydrolysis) is 1. The zero-order valence-electron chi connectivity index (χ0n) is 13.4. The molecule has 0 aromatic heterocycles. The van der Waals surface area contributed by atoms with Gasteiger partial charge in [-0.15, -0.1) is 0 Å². The lowest BCUT2D eigenvalue weighted by Gasteiger charge is -2.18. The number of rotatable bonds is 5. The van der Waals surface area contributed by atoms with Crippen molar-refractivity contribution in [2.24, 2.45) is 0 Å². The summed E-state index contributed by atoms with van der Waals surface area (Å²) in [5.41, 5.74) is 4.58. The van der Waals surface area contributed by atoms with Gasteiger partial charge in [0, 0.05) is 0 Å². The van der Waals surface area contributed by atoms with Gasteiger partial charge in [0.15, 0.2) is 0 Å². The van der Waals surface area contributed by atoms with Crippen molar-refractivity contribution in [3.05, 3.63) is 70.8 Å². The Morgan fingerprint density at radius 2 is 1.82 bits per heavy atom. The Bertz CT molecular complexity index is 623. The Kier molecular flexibility index (Phi) is 5.59. The van der Waals surface area contributed by atoms with Gasteiger partial charge in [0.2, 0.25) is 0 Å². The quantitative estimate of drug-likeness (QED) is 0.870. The van der Waals surface area contributed by atoms with Crippen LogP contribution >= 0.6 is 0 Å². The lowest BCUT2D eigenvalue weighted by atomic mass is 10.00. The molecule has 3 heteroatoms. The second-order valence-corrected chi connectivity index (χ2v) is 5.51.